The highest BCUT2D eigenvalue weighted by Gasteiger charge is 2.51. The van der Waals surface area contributed by atoms with Crippen LogP contribution in [0.1, 0.15) is 32.6 Å². The first-order chi connectivity index (χ1) is 8.79. The van der Waals surface area contributed by atoms with Crippen LogP contribution in [0.3, 0.4) is 0 Å². The Morgan fingerprint density at radius 1 is 1.37 bits per heavy atom. The van der Waals surface area contributed by atoms with E-state index in [0.717, 1.165) is 24.6 Å². The zero-order valence-corrected chi connectivity index (χ0v) is 11.3. The maximum Gasteiger partial charge on any atom is 0.471 e. The van der Waals surface area contributed by atoms with Crippen molar-refractivity contribution in [1.29, 1.82) is 0 Å². The van der Waals surface area contributed by atoms with Crippen LogP contribution in [0.15, 0.2) is 0 Å². The molecule has 1 fully saturated rings. The van der Waals surface area contributed by atoms with Gasteiger partial charge in [-0.05, 0) is 6.42 Å². The van der Waals surface area contributed by atoms with Gasteiger partial charge in [0.05, 0.1) is 5.37 Å². The smallest absolute Gasteiger partial charge is 0.471 e. The van der Waals surface area contributed by atoms with Gasteiger partial charge < -0.3 is 10.0 Å². The van der Waals surface area contributed by atoms with E-state index < -0.39 is 29.5 Å². The quantitative estimate of drug-likeness (QED) is 0.792. The third kappa shape index (κ3) is 4.02. The van der Waals surface area contributed by atoms with Gasteiger partial charge in [0.2, 0.25) is 0 Å². The maximum atomic E-state index is 12.5. The van der Waals surface area contributed by atoms with Gasteiger partial charge >= 0.3 is 18.1 Å². The number of thioether (sulfide) groups is 1. The number of rotatable bonds is 5. The molecule has 0 aromatic heterocycles. The zero-order valence-electron chi connectivity index (χ0n) is 10.4. The van der Waals surface area contributed by atoms with Crippen LogP contribution >= 0.6 is 11.8 Å². The molecule has 0 saturated carbocycles. The molecule has 1 aliphatic heterocycles. The van der Waals surface area contributed by atoms with Gasteiger partial charge in [0.1, 0.15) is 6.04 Å². The Bertz CT molecular complexity index is 349. The number of amides is 1. The Hall–Kier alpha value is -0.920. The molecular formula is C11H16F3NO3S. The molecule has 1 heterocycles. The Kier molecular flexibility index (Phi) is 5.51. The second kappa shape index (κ2) is 6.49. The Morgan fingerprint density at radius 3 is 2.47 bits per heavy atom. The van der Waals surface area contributed by atoms with Crippen LogP contribution in [0.2, 0.25) is 0 Å². The normalized spacial score (nSPS) is 23.7. The van der Waals surface area contributed by atoms with E-state index in [2.05, 4.69) is 0 Å². The van der Waals surface area contributed by atoms with Crippen molar-refractivity contribution in [1.82, 2.24) is 4.90 Å². The zero-order chi connectivity index (χ0) is 14.6. The summed E-state index contributed by atoms with van der Waals surface area (Å²) in [4.78, 5) is 22.8. The number of hydrogen-bond acceptors (Lipinski definition) is 3. The number of unbranched alkanes of at least 4 members (excludes halogenated alkanes) is 2. The lowest BCUT2D eigenvalue weighted by atomic mass is 10.1. The fourth-order valence-electron chi connectivity index (χ4n) is 1.96. The number of aliphatic carboxylic acids is 1. The molecule has 0 aromatic carbocycles. The van der Waals surface area contributed by atoms with Gasteiger partial charge in [-0.15, -0.1) is 11.8 Å². The number of carboxylic acids is 1. The third-order valence-electron chi connectivity index (χ3n) is 2.91. The highest BCUT2D eigenvalue weighted by molar-refractivity contribution is 8.00. The highest BCUT2D eigenvalue weighted by Crippen LogP contribution is 2.36. The van der Waals surface area contributed by atoms with Crippen LogP contribution in [0.25, 0.3) is 0 Å². The minimum absolute atomic E-state index is 0.00788. The van der Waals surface area contributed by atoms with E-state index in [4.69, 9.17) is 5.11 Å². The summed E-state index contributed by atoms with van der Waals surface area (Å²) in [5, 5.41) is 8.22. The summed E-state index contributed by atoms with van der Waals surface area (Å²) in [6.07, 6.45) is -2.19. The first-order valence-electron chi connectivity index (χ1n) is 6.03. The van der Waals surface area contributed by atoms with Crippen LogP contribution in [-0.4, -0.2) is 45.2 Å². The first-order valence-corrected chi connectivity index (χ1v) is 7.07. The van der Waals surface area contributed by atoms with Gasteiger partial charge in [0.15, 0.2) is 0 Å². The molecule has 0 radical (unpaired) electrons. The van der Waals surface area contributed by atoms with Crippen molar-refractivity contribution in [2.75, 3.05) is 5.75 Å². The average molecular weight is 299 g/mol. The second-order valence-electron chi connectivity index (χ2n) is 4.35. The molecule has 2 atom stereocenters. The molecule has 0 bridgehead atoms. The molecular weight excluding hydrogens is 283 g/mol. The predicted octanol–water partition coefficient (Wildman–Crippen LogP) is 2.48. The lowest BCUT2D eigenvalue weighted by molar-refractivity contribution is -0.189. The van der Waals surface area contributed by atoms with Crippen LogP contribution in [0.5, 0.6) is 0 Å². The average Bonchev–Trinajstić information content (AvgIpc) is 2.71. The highest BCUT2D eigenvalue weighted by atomic mass is 32.2. The van der Waals surface area contributed by atoms with Gasteiger partial charge in [-0.25, -0.2) is 4.79 Å². The minimum Gasteiger partial charge on any atom is -0.480 e. The van der Waals surface area contributed by atoms with E-state index in [1.54, 1.807) is 0 Å². The molecule has 1 N–H and O–H groups in total. The topological polar surface area (TPSA) is 57.6 Å². The van der Waals surface area contributed by atoms with Crippen molar-refractivity contribution in [3.63, 3.8) is 0 Å². The molecule has 1 aliphatic rings. The first kappa shape index (κ1) is 16.1. The number of alkyl halides is 3. The summed E-state index contributed by atoms with van der Waals surface area (Å²) in [5.74, 6) is -3.43. The van der Waals surface area contributed by atoms with Crippen LogP contribution in [0, 0.1) is 0 Å². The summed E-state index contributed by atoms with van der Waals surface area (Å²) < 4.78 is 37.5. The number of hydrogen-bond donors (Lipinski definition) is 1. The van der Waals surface area contributed by atoms with E-state index in [1.165, 1.54) is 0 Å². The number of halogens is 3. The van der Waals surface area contributed by atoms with Gasteiger partial charge in [-0.3, -0.25) is 4.79 Å². The van der Waals surface area contributed by atoms with Gasteiger partial charge in [0, 0.05) is 5.75 Å². The number of nitrogens with zero attached hydrogens (tertiary/aromatic N) is 1. The van der Waals surface area contributed by atoms with E-state index in [-0.39, 0.29) is 5.75 Å². The van der Waals surface area contributed by atoms with E-state index in [0.29, 0.717) is 17.7 Å². The molecule has 8 heteroatoms. The number of carbonyl (C=O) groups is 2. The molecule has 1 saturated heterocycles. The fraction of sp³-hybridized carbons (Fsp3) is 0.818. The Morgan fingerprint density at radius 2 is 2.00 bits per heavy atom. The SMILES string of the molecule is CCCCCC1SCC(C(=O)O)N1C(=O)C(F)(F)F. The summed E-state index contributed by atoms with van der Waals surface area (Å²) in [6, 6.07) is -1.38. The van der Waals surface area contributed by atoms with Gasteiger partial charge in [-0.1, -0.05) is 26.2 Å². The molecule has 1 rings (SSSR count). The van der Waals surface area contributed by atoms with Crippen LogP contribution < -0.4 is 0 Å². The summed E-state index contributed by atoms with van der Waals surface area (Å²) >= 11 is 1.11. The molecule has 0 aliphatic carbocycles. The van der Waals surface area contributed by atoms with Crippen molar-refractivity contribution < 1.29 is 27.9 Å². The molecule has 0 spiro atoms. The Labute approximate surface area is 113 Å². The van der Waals surface area contributed by atoms with Gasteiger partial charge in [-0.2, -0.15) is 13.2 Å². The van der Waals surface area contributed by atoms with E-state index in [9.17, 15) is 22.8 Å². The molecule has 4 nitrogen and oxygen atoms in total. The maximum absolute atomic E-state index is 12.5. The molecule has 2 unspecified atom stereocenters. The van der Waals surface area contributed by atoms with Crippen molar-refractivity contribution in [2.24, 2.45) is 0 Å². The van der Waals surface area contributed by atoms with Crippen molar-refractivity contribution >= 4 is 23.6 Å². The van der Waals surface area contributed by atoms with E-state index in [1.807, 2.05) is 6.92 Å². The number of carbonyl (C=O) groups excluding carboxylic acids is 1. The standard InChI is InChI=1S/C11H16F3NO3S/c1-2-3-4-5-8-15(10(18)11(12,13)14)7(6-19-8)9(16)17/h7-8H,2-6H2,1H3,(H,16,17). The fourth-order valence-corrected chi connectivity index (χ4v) is 3.41. The summed E-state index contributed by atoms with van der Waals surface area (Å²) in [6.45, 7) is 1.96. The van der Waals surface area contributed by atoms with Gasteiger partial charge in [0.25, 0.3) is 0 Å². The molecule has 1 amide bonds. The molecule has 19 heavy (non-hydrogen) atoms. The van der Waals surface area contributed by atoms with Crippen molar-refractivity contribution in [3.05, 3.63) is 0 Å². The lowest BCUT2D eigenvalue weighted by Crippen LogP contribution is -2.50. The third-order valence-corrected chi connectivity index (χ3v) is 4.27. The summed E-state index contributed by atoms with van der Waals surface area (Å²) in [5.41, 5.74) is 0. The second-order valence-corrected chi connectivity index (χ2v) is 5.56. The largest absolute Gasteiger partial charge is 0.480 e. The molecule has 110 valence electrons. The monoisotopic (exact) mass is 299 g/mol. The lowest BCUT2D eigenvalue weighted by Gasteiger charge is -2.28. The van der Waals surface area contributed by atoms with Crippen molar-refractivity contribution in [2.45, 2.75) is 50.2 Å². The van der Waals surface area contributed by atoms with Crippen LogP contribution in [-0.2, 0) is 9.59 Å². The number of carboxylic acid groups (broad SMARTS) is 1. The Balaban J connectivity index is 2.81. The van der Waals surface area contributed by atoms with Crippen molar-refractivity contribution in [3.8, 4) is 0 Å². The van der Waals surface area contributed by atoms with E-state index >= 15 is 0 Å². The summed E-state index contributed by atoms with van der Waals surface area (Å²) in [7, 11) is 0. The molecule has 0 aromatic rings. The van der Waals surface area contributed by atoms with Crippen LogP contribution in [0.4, 0.5) is 13.2 Å². The predicted molar refractivity (Wildman–Crippen MR) is 64.7 cm³/mol. The minimum atomic E-state index is -5.03.